The summed E-state index contributed by atoms with van der Waals surface area (Å²) in [5, 5.41) is 37.1. The number of carbonyl (C=O) groups is 3. The molecule has 1 unspecified atom stereocenters. The third kappa shape index (κ3) is 3.68. The molecule has 0 saturated carbocycles. The van der Waals surface area contributed by atoms with Gasteiger partial charge in [0, 0.05) is 13.8 Å². The molecule has 2 aromatic rings. The number of barbiturate groups is 1. The molecule has 1 saturated heterocycles. The molecule has 4 N–H and O–H groups in total. The van der Waals surface area contributed by atoms with Gasteiger partial charge >= 0.3 is 6.03 Å². The van der Waals surface area contributed by atoms with Crippen LogP contribution in [0.4, 0.5) is 4.79 Å². The summed E-state index contributed by atoms with van der Waals surface area (Å²) >= 11 is 0. The van der Waals surface area contributed by atoms with Gasteiger partial charge in [0.1, 0.15) is 29.8 Å². The van der Waals surface area contributed by atoms with Crippen molar-refractivity contribution in [3.05, 3.63) is 40.1 Å². The van der Waals surface area contributed by atoms with Gasteiger partial charge in [-0.05, 0) is 17.7 Å². The first-order valence-electron chi connectivity index (χ1n) is 9.66. The number of carbonyl (C=O) groups excluding carboxylic acids is 3. The Morgan fingerprint density at radius 3 is 2.12 bits per heavy atom. The van der Waals surface area contributed by atoms with Gasteiger partial charge in [0.15, 0.2) is 11.5 Å². The largest absolute Gasteiger partial charge is 0.711 e. The van der Waals surface area contributed by atoms with E-state index in [2.05, 4.69) is 0 Å². The minimum absolute atomic E-state index is 0.00602. The molecule has 4 amide bonds. The van der Waals surface area contributed by atoms with Crippen molar-refractivity contribution in [3.8, 4) is 17.2 Å². The lowest BCUT2D eigenvalue weighted by atomic mass is 9.82. The number of nitrogens with one attached hydrogen (secondary N) is 2. The summed E-state index contributed by atoms with van der Waals surface area (Å²) in [7, 11) is 2.62. The number of phenols is 1. The maximum atomic E-state index is 13.2. The van der Waals surface area contributed by atoms with Crippen molar-refractivity contribution in [2.45, 2.75) is 26.3 Å². The summed E-state index contributed by atoms with van der Waals surface area (Å²) in [6, 6.07) is 1.78. The number of aromatic hydroxyl groups is 1. The number of aliphatic hydroxyl groups excluding tert-OH is 1. The van der Waals surface area contributed by atoms with Crippen LogP contribution < -0.4 is 24.8 Å². The number of phenolic OH excluding ortho intramolecular Hbond substituents is 1. The lowest BCUT2D eigenvalue weighted by Gasteiger charge is -2.28. The summed E-state index contributed by atoms with van der Waals surface area (Å²) in [5.41, 5.74) is 1.07. The molecule has 1 aromatic heterocycles. The molecular formula is C20H24N4O8. The Hall–Kier alpha value is -3.80. The van der Waals surface area contributed by atoms with Gasteiger partial charge in [0.25, 0.3) is 5.82 Å². The van der Waals surface area contributed by atoms with E-state index in [1.54, 1.807) is 13.8 Å². The number of imide groups is 2. The third-order valence-corrected chi connectivity index (χ3v) is 5.55. The summed E-state index contributed by atoms with van der Waals surface area (Å²) in [6.45, 7) is 2.95. The zero-order valence-corrected chi connectivity index (χ0v) is 18.0. The van der Waals surface area contributed by atoms with E-state index in [1.807, 2.05) is 10.6 Å². The van der Waals surface area contributed by atoms with Crippen LogP contribution in [0.3, 0.4) is 0 Å². The van der Waals surface area contributed by atoms with Crippen molar-refractivity contribution >= 4 is 17.8 Å². The normalized spacial score (nSPS) is 15.3. The van der Waals surface area contributed by atoms with Crippen LogP contribution in [-0.4, -0.2) is 53.5 Å². The van der Waals surface area contributed by atoms with E-state index in [9.17, 15) is 29.8 Å². The van der Waals surface area contributed by atoms with E-state index in [0.717, 1.165) is 0 Å². The second kappa shape index (κ2) is 8.75. The first-order valence-corrected chi connectivity index (χ1v) is 9.66. The zero-order chi connectivity index (χ0) is 23.7. The SMILES string of the molecule is COc1cc(C(c2n(CCO)c(C)c(C)[n+]2[O-])C2C(=O)NC(=O)NC2=O)cc(OC)c1O. The van der Waals surface area contributed by atoms with Gasteiger partial charge in [-0.1, -0.05) is 0 Å². The van der Waals surface area contributed by atoms with Gasteiger partial charge in [-0.15, -0.1) is 0 Å². The lowest BCUT2D eigenvalue weighted by molar-refractivity contribution is -0.621. The summed E-state index contributed by atoms with van der Waals surface area (Å²) in [5.74, 6) is -4.87. The van der Waals surface area contributed by atoms with Crippen molar-refractivity contribution in [2.75, 3.05) is 20.8 Å². The van der Waals surface area contributed by atoms with Crippen LogP contribution in [0.1, 0.15) is 28.7 Å². The third-order valence-electron chi connectivity index (χ3n) is 5.55. The van der Waals surface area contributed by atoms with Crippen LogP contribution in [0, 0.1) is 25.0 Å². The molecule has 2 heterocycles. The maximum Gasteiger partial charge on any atom is 0.328 e. The Morgan fingerprint density at radius 1 is 1.12 bits per heavy atom. The van der Waals surface area contributed by atoms with E-state index >= 15 is 0 Å². The Morgan fingerprint density at radius 2 is 1.66 bits per heavy atom. The number of nitrogens with zero attached hydrogens (tertiary/aromatic N) is 2. The molecule has 12 nitrogen and oxygen atoms in total. The average Bonchev–Trinajstić information content (AvgIpc) is 2.95. The van der Waals surface area contributed by atoms with Crippen LogP contribution in [-0.2, 0) is 16.1 Å². The average molecular weight is 448 g/mol. The molecule has 1 aromatic carbocycles. The van der Waals surface area contributed by atoms with Crippen molar-refractivity contribution in [1.82, 2.24) is 15.2 Å². The Labute approximate surface area is 182 Å². The predicted octanol–water partition coefficient (Wildman–Crippen LogP) is -0.432. The predicted molar refractivity (Wildman–Crippen MR) is 108 cm³/mol. The number of rotatable bonds is 7. The number of urea groups is 1. The Kier molecular flexibility index (Phi) is 6.25. The second-order valence-electron chi connectivity index (χ2n) is 7.24. The maximum absolute atomic E-state index is 13.2. The molecule has 172 valence electrons. The fourth-order valence-corrected chi connectivity index (χ4v) is 3.89. The molecule has 0 spiro atoms. The smallest absolute Gasteiger partial charge is 0.328 e. The number of hydrogen-bond donors (Lipinski definition) is 4. The number of amides is 4. The minimum atomic E-state index is -1.52. The highest BCUT2D eigenvalue weighted by molar-refractivity contribution is 6.16. The fraction of sp³-hybridized carbons (Fsp3) is 0.400. The fourth-order valence-electron chi connectivity index (χ4n) is 3.89. The number of benzene rings is 1. The molecule has 1 fully saturated rings. The topological polar surface area (TPSA) is 166 Å². The van der Waals surface area contributed by atoms with Gasteiger partial charge < -0.3 is 24.9 Å². The van der Waals surface area contributed by atoms with Gasteiger partial charge in [0.2, 0.25) is 17.6 Å². The van der Waals surface area contributed by atoms with Crippen LogP contribution in [0.25, 0.3) is 0 Å². The molecule has 1 aliphatic rings. The van der Waals surface area contributed by atoms with Crippen LogP contribution in [0.5, 0.6) is 17.2 Å². The van der Waals surface area contributed by atoms with Crippen molar-refractivity contribution < 1.29 is 38.8 Å². The molecule has 0 aliphatic carbocycles. The van der Waals surface area contributed by atoms with Crippen molar-refractivity contribution in [2.24, 2.45) is 5.92 Å². The monoisotopic (exact) mass is 448 g/mol. The van der Waals surface area contributed by atoms with Gasteiger partial charge in [-0.25, -0.2) is 14.1 Å². The van der Waals surface area contributed by atoms with E-state index < -0.39 is 29.7 Å². The number of imidazole rings is 1. The van der Waals surface area contributed by atoms with E-state index in [-0.39, 0.29) is 41.8 Å². The van der Waals surface area contributed by atoms with Gasteiger partial charge in [-0.3, -0.25) is 20.2 Å². The minimum Gasteiger partial charge on any atom is -0.711 e. The zero-order valence-electron chi connectivity index (χ0n) is 18.0. The second-order valence-corrected chi connectivity index (χ2v) is 7.24. The highest BCUT2D eigenvalue weighted by atomic mass is 16.5. The highest BCUT2D eigenvalue weighted by Gasteiger charge is 2.47. The summed E-state index contributed by atoms with van der Waals surface area (Å²) in [4.78, 5) is 37.2. The van der Waals surface area contributed by atoms with Crippen LogP contribution >= 0.6 is 0 Å². The molecular weight excluding hydrogens is 424 g/mol. The van der Waals surface area contributed by atoms with Crippen molar-refractivity contribution in [3.63, 3.8) is 0 Å². The van der Waals surface area contributed by atoms with Crippen LogP contribution in [0.15, 0.2) is 12.1 Å². The van der Waals surface area contributed by atoms with E-state index in [4.69, 9.17) is 9.47 Å². The van der Waals surface area contributed by atoms with Crippen LogP contribution in [0.2, 0.25) is 0 Å². The number of hydrogen-bond acceptors (Lipinski definition) is 8. The van der Waals surface area contributed by atoms with E-state index in [0.29, 0.717) is 16.1 Å². The lowest BCUT2D eigenvalue weighted by Crippen LogP contribution is -2.58. The first-order chi connectivity index (χ1) is 15.2. The summed E-state index contributed by atoms with van der Waals surface area (Å²) < 4.78 is 12.5. The molecule has 0 bridgehead atoms. The molecule has 1 aliphatic heterocycles. The number of aromatic nitrogens is 2. The summed E-state index contributed by atoms with van der Waals surface area (Å²) in [6.07, 6.45) is 0. The molecule has 3 rings (SSSR count). The Bertz CT molecular complexity index is 1050. The van der Waals surface area contributed by atoms with E-state index in [1.165, 1.54) is 30.9 Å². The van der Waals surface area contributed by atoms with Gasteiger partial charge in [0.05, 0.1) is 20.8 Å². The standard InChI is InChI=1S/C20H24N4O8/c1-9-10(2)24(30)19(23(9)5-6-25)14(15-17(27)21-20(29)22-18(15)28)11-7-12(31-3)16(26)13(8-11)32-4/h7-8,14-15,25-26H,5-6H2,1-4H3,(H2,21,22,27,28,29). The molecule has 1 atom stereocenters. The van der Waals surface area contributed by atoms with Crippen molar-refractivity contribution in [1.29, 1.82) is 0 Å². The molecule has 12 heteroatoms. The number of methoxy groups -OCH3 is 2. The Balaban J connectivity index is 2.35. The number of aliphatic hydroxyl groups is 1. The number of ether oxygens (including phenoxy) is 2. The first kappa shape index (κ1) is 22.9. The quantitative estimate of drug-likeness (QED) is 0.251. The molecule has 0 radical (unpaired) electrons. The molecule has 32 heavy (non-hydrogen) atoms. The van der Waals surface area contributed by atoms with Gasteiger partial charge in [-0.2, -0.15) is 0 Å². The highest BCUT2D eigenvalue weighted by Crippen LogP contribution is 2.43.